The second kappa shape index (κ2) is 10.1. The normalized spacial score (nSPS) is 22.8. The van der Waals surface area contributed by atoms with Gasteiger partial charge in [-0.2, -0.15) is 5.26 Å². The molecule has 2 aromatic rings. The van der Waals surface area contributed by atoms with Crippen LogP contribution in [-0.4, -0.2) is 23.9 Å². The molecule has 2 aromatic carbocycles. The quantitative estimate of drug-likeness (QED) is 0.372. The zero-order chi connectivity index (χ0) is 24.2. The van der Waals surface area contributed by atoms with Crippen LogP contribution in [0.1, 0.15) is 41.5 Å². The molecule has 3 atom stereocenters. The summed E-state index contributed by atoms with van der Waals surface area (Å²) in [5, 5.41) is 9.52. The lowest BCUT2D eigenvalue weighted by atomic mass is 9.71. The average molecular weight is 449 g/mol. The maximum Gasteiger partial charge on any atom is 0.230 e. The van der Waals surface area contributed by atoms with Gasteiger partial charge in [-0.05, 0) is 55.4 Å². The third-order valence-electron chi connectivity index (χ3n) is 7.13. The Labute approximate surface area is 203 Å². The lowest BCUT2D eigenvalue weighted by Gasteiger charge is -2.31. The number of nitrogens with zero attached hydrogens (tertiary/aromatic N) is 2. The second-order valence-corrected chi connectivity index (χ2v) is 9.43. The van der Waals surface area contributed by atoms with Crippen molar-refractivity contribution in [1.29, 1.82) is 5.26 Å². The molecule has 0 aromatic heterocycles. The Balaban J connectivity index is 1.69. The van der Waals surface area contributed by atoms with Gasteiger partial charge >= 0.3 is 0 Å². The number of carbonyl (C=O) groups is 1. The lowest BCUT2D eigenvalue weighted by molar-refractivity contribution is -0.129. The van der Waals surface area contributed by atoms with Gasteiger partial charge in [-0.1, -0.05) is 90.5 Å². The summed E-state index contributed by atoms with van der Waals surface area (Å²) < 4.78 is 0. The topological polar surface area (TPSA) is 44.1 Å². The number of aryl methyl sites for hydroxylation is 2. The zero-order valence-electron chi connectivity index (χ0n) is 20.3. The largest absolute Gasteiger partial charge is 0.337 e. The fourth-order valence-corrected chi connectivity index (χ4v) is 5.26. The first-order chi connectivity index (χ1) is 16.4. The Hall–Kier alpha value is -3.64. The average Bonchev–Trinajstić information content (AvgIpc) is 3.14. The van der Waals surface area contributed by atoms with E-state index in [9.17, 15) is 10.1 Å². The Morgan fingerprint density at radius 1 is 1.12 bits per heavy atom. The van der Waals surface area contributed by atoms with Crippen LogP contribution in [0.5, 0.6) is 0 Å². The van der Waals surface area contributed by atoms with E-state index in [0.717, 1.165) is 12.0 Å². The molecule has 34 heavy (non-hydrogen) atoms. The monoisotopic (exact) mass is 448 g/mol. The molecule has 1 heterocycles. The van der Waals surface area contributed by atoms with Crippen LogP contribution in [0.4, 0.5) is 0 Å². The predicted molar refractivity (Wildman–Crippen MR) is 139 cm³/mol. The van der Waals surface area contributed by atoms with Crippen LogP contribution in [0.2, 0.25) is 0 Å². The van der Waals surface area contributed by atoms with Gasteiger partial charge in [0.2, 0.25) is 5.91 Å². The van der Waals surface area contributed by atoms with E-state index in [-0.39, 0.29) is 23.7 Å². The molecule has 172 valence electrons. The van der Waals surface area contributed by atoms with Crippen molar-refractivity contribution in [3.8, 4) is 6.07 Å². The number of allylic oxidation sites excluding steroid dienone is 4. The van der Waals surface area contributed by atoms with Crippen LogP contribution in [0, 0.1) is 37.0 Å². The summed E-state index contributed by atoms with van der Waals surface area (Å²) in [4.78, 5) is 15.4. The fourth-order valence-electron chi connectivity index (χ4n) is 5.26. The molecule has 0 N–H and O–H groups in total. The standard InChI is InChI=1S/C31H32N2O/c1-5-7-26(23(6-2)18-32)19-33-20-27-16-28(24-12-8-21(3)9-13-24)29(17-30(27)31(33)34)25-14-10-22(4)11-15-25/h5-15,17,27-28,30H,1,16,19-20H2,2-4H3/b23-6-,26-7-. The summed E-state index contributed by atoms with van der Waals surface area (Å²) in [7, 11) is 0. The summed E-state index contributed by atoms with van der Waals surface area (Å²) >= 11 is 0. The van der Waals surface area contributed by atoms with Crippen LogP contribution < -0.4 is 0 Å². The molecule has 2 aliphatic rings. The molecule has 1 fully saturated rings. The van der Waals surface area contributed by atoms with E-state index in [1.54, 1.807) is 12.2 Å². The van der Waals surface area contributed by atoms with E-state index in [1.807, 2.05) is 17.9 Å². The number of hydrogen-bond acceptors (Lipinski definition) is 2. The third kappa shape index (κ3) is 4.68. The Morgan fingerprint density at radius 2 is 1.76 bits per heavy atom. The van der Waals surface area contributed by atoms with Crippen LogP contribution in [0.15, 0.2) is 90.6 Å². The molecule has 0 radical (unpaired) electrons. The second-order valence-electron chi connectivity index (χ2n) is 9.43. The molecule has 3 heteroatoms. The van der Waals surface area contributed by atoms with Crippen LogP contribution in [-0.2, 0) is 4.79 Å². The number of rotatable bonds is 6. The molecular weight excluding hydrogens is 416 g/mol. The molecule has 1 aliphatic carbocycles. The van der Waals surface area contributed by atoms with Gasteiger partial charge in [0.1, 0.15) is 0 Å². The molecule has 0 spiro atoms. The van der Waals surface area contributed by atoms with Crippen molar-refractivity contribution < 1.29 is 4.79 Å². The highest BCUT2D eigenvalue weighted by molar-refractivity contribution is 5.88. The van der Waals surface area contributed by atoms with Gasteiger partial charge in [-0.15, -0.1) is 0 Å². The minimum absolute atomic E-state index is 0.126. The number of hydrogen-bond donors (Lipinski definition) is 0. The summed E-state index contributed by atoms with van der Waals surface area (Å²) in [6.45, 7) is 11.0. The number of amides is 1. The predicted octanol–water partition coefficient (Wildman–Crippen LogP) is 6.53. The van der Waals surface area contributed by atoms with Crippen molar-refractivity contribution in [2.24, 2.45) is 11.8 Å². The van der Waals surface area contributed by atoms with E-state index in [1.165, 1.54) is 27.8 Å². The van der Waals surface area contributed by atoms with Gasteiger partial charge in [0, 0.05) is 19.0 Å². The van der Waals surface area contributed by atoms with Crippen molar-refractivity contribution in [2.75, 3.05) is 13.1 Å². The Morgan fingerprint density at radius 3 is 2.35 bits per heavy atom. The van der Waals surface area contributed by atoms with Gasteiger partial charge in [0.15, 0.2) is 0 Å². The molecule has 3 unspecified atom stereocenters. The molecular formula is C31H32N2O. The van der Waals surface area contributed by atoms with Crippen LogP contribution >= 0.6 is 0 Å². The molecule has 3 nitrogen and oxygen atoms in total. The van der Waals surface area contributed by atoms with Crippen molar-refractivity contribution in [3.05, 3.63) is 113 Å². The first-order valence-electron chi connectivity index (χ1n) is 12.0. The van der Waals surface area contributed by atoms with Crippen LogP contribution in [0.3, 0.4) is 0 Å². The highest BCUT2D eigenvalue weighted by Gasteiger charge is 2.44. The van der Waals surface area contributed by atoms with Gasteiger partial charge < -0.3 is 4.90 Å². The number of likely N-dealkylation sites (tertiary alicyclic amines) is 1. The zero-order valence-corrected chi connectivity index (χ0v) is 20.3. The van der Waals surface area contributed by atoms with Crippen molar-refractivity contribution >= 4 is 11.5 Å². The van der Waals surface area contributed by atoms with Gasteiger partial charge in [-0.3, -0.25) is 4.79 Å². The number of fused-ring (bicyclic) bond motifs is 1. The van der Waals surface area contributed by atoms with Gasteiger partial charge in [-0.25, -0.2) is 0 Å². The molecule has 1 amide bonds. The van der Waals surface area contributed by atoms with Crippen molar-refractivity contribution in [3.63, 3.8) is 0 Å². The maximum atomic E-state index is 13.5. The summed E-state index contributed by atoms with van der Waals surface area (Å²) in [6.07, 6.45) is 8.49. The molecule has 4 rings (SSSR count). The van der Waals surface area contributed by atoms with Crippen molar-refractivity contribution in [2.45, 2.75) is 33.1 Å². The first kappa shape index (κ1) is 23.5. The minimum Gasteiger partial charge on any atom is -0.337 e. The van der Waals surface area contributed by atoms with Gasteiger partial charge in [0.25, 0.3) is 0 Å². The van der Waals surface area contributed by atoms with E-state index < -0.39 is 0 Å². The maximum absolute atomic E-state index is 13.5. The highest BCUT2D eigenvalue weighted by atomic mass is 16.2. The van der Waals surface area contributed by atoms with E-state index in [4.69, 9.17) is 0 Å². The SMILES string of the molecule is C=C/C=C(CN1CC2CC(c3ccc(C)cc3)C(c3ccc(C)cc3)=CC2C1=O)\C(C#N)=C/C. The molecule has 1 saturated heterocycles. The van der Waals surface area contributed by atoms with Gasteiger partial charge in [0.05, 0.1) is 17.6 Å². The highest BCUT2D eigenvalue weighted by Crippen LogP contribution is 2.47. The molecule has 1 aliphatic heterocycles. The van der Waals surface area contributed by atoms with E-state index >= 15 is 0 Å². The molecule has 0 saturated carbocycles. The minimum atomic E-state index is -0.126. The summed E-state index contributed by atoms with van der Waals surface area (Å²) in [6, 6.07) is 19.7. The number of nitriles is 1. The van der Waals surface area contributed by atoms with Crippen molar-refractivity contribution in [1.82, 2.24) is 4.90 Å². The molecule has 0 bridgehead atoms. The smallest absolute Gasteiger partial charge is 0.230 e. The van der Waals surface area contributed by atoms with E-state index in [2.05, 4.69) is 81.1 Å². The Bertz CT molecular complexity index is 1210. The Kier molecular flexibility index (Phi) is 6.98. The van der Waals surface area contributed by atoms with E-state index in [0.29, 0.717) is 18.7 Å². The number of carbonyl (C=O) groups excluding carboxylic acids is 1. The summed E-state index contributed by atoms with van der Waals surface area (Å²) in [5.74, 6) is 0.541. The first-order valence-corrected chi connectivity index (χ1v) is 12.0. The third-order valence-corrected chi connectivity index (χ3v) is 7.13. The summed E-state index contributed by atoms with van der Waals surface area (Å²) in [5.41, 5.74) is 7.64. The number of benzene rings is 2. The fraction of sp³-hybridized carbons (Fsp3) is 0.290. The van der Waals surface area contributed by atoms with Crippen LogP contribution in [0.25, 0.3) is 5.57 Å². The lowest BCUT2D eigenvalue weighted by Crippen LogP contribution is -2.29.